The summed E-state index contributed by atoms with van der Waals surface area (Å²) in [5.74, 6) is 0.222. The van der Waals surface area contributed by atoms with Crippen molar-refractivity contribution in [3.05, 3.63) is 44.7 Å². The topological polar surface area (TPSA) is 83.8 Å². The quantitative estimate of drug-likeness (QED) is 0.718. The van der Waals surface area contributed by atoms with Crippen molar-refractivity contribution in [1.29, 1.82) is 0 Å². The van der Waals surface area contributed by atoms with Crippen LogP contribution in [0.1, 0.15) is 12.5 Å². The van der Waals surface area contributed by atoms with Crippen LogP contribution in [0.3, 0.4) is 0 Å². The van der Waals surface area contributed by atoms with Gasteiger partial charge in [0.1, 0.15) is 5.82 Å². The van der Waals surface area contributed by atoms with Crippen LogP contribution in [0.15, 0.2) is 43.6 Å². The lowest BCUT2D eigenvalue weighted by Gasteiger charge is -2.10. The summed E-state index contributed by atoms with van der Waals surface area (Å²) in [6, 6.07) is 7.30. The molecule has 0 saturated heterocycles. The van der Waals surface area contributed by atoms with Crippen molar-refractivity contribution < 1.29 is 0 Å². The van der Waals surface area contributed by atoms with Gasteiger partial charge in [-0.3, -0.25) is 4.79 Å². The molecule has 0 spiro atoms. The first kappa shape index (κ1) is 15.1. The molecule has 0 saturated carbocycles. The van der Waals surface area contributed by atoms with E-state index in [-0.39, 0.29) is 11.4 Å². The van der Waals surface area contributed by atoms with Gasteiger partial charge in [-0.15, -0.1) is 0 Å². The average molecular weight is 355 g/mol. The molecule has 5 nitrogen and oxygen atoms in total. The predicted molar refractivity (Wildman–Crippen MR) is 84.9 cm³/mol. The van der Waals surface area contributed by atoms with Gasteiger partial charge in [0.15, 0.2) is 5.16 Å². The zero-order valence-corrected chi connectivity index (χ0v) is 13.3. The standard InChI is InChI=1S/C13H15BrN4OS/c1-2-16-7-8-3-4-9(14)5-10(8)20-13-17-11(15)6-12(19)18-13/h3-6,16H,2,7H2,1H3,(H3,15,17,18,19). The Kier molecular flexibility index (Phi) is 5.22. The van der Waals surface area contributed by atoms with Crippen LogP contribution in [0.4, 0.5) is 5.82 Å². The van der Waals surface area contributed by atoms with E-state index < -0.39 is 0 Å². The summed E-state index contributed by atoms with van der Waals surface area (Å²) in [7, 11) is 0. The van der Waals surface area contributed by atoms with Crippen LogP contribution < -0.4 is 16.6 Å². The van der Waals surface area contributed by atoms with Crippen LogP contribution in [-0.2, 0) is 6.54 Å². The molecule has 7 heteroatoms. The fourth-order valence-electron chi connectivity index (χ4n) is 1.63. The lowest BCUT2D eigenvalue weighted by atomic mass is 10.2. The lowest BCUT2D eigenvalue weighted by molar-refractivity contribution is 0.717. The van der Waals surface area contributed by atoms with E-state index in [0.29, 0.717) is 5.16 Å². The minimum absolute atomic E-state index is 0.222. The highest BCUT2D eigenvalue weighted by molar-refractivity contribution is 9.10. The molecule has 0 atom stereocenters. The molecule has 1 aromatic heterocycles. The minimum atomic E-state index is -0.247. The number of aromatic nitrogens is 2. The molecule has 1 aromatic carbocycles. The number of hydrogen-bond acceptors (Lipinski definition) is 5. The van der Waals surface area contributed by atoms with Crippen LogP contribution in [0.25, 0.3) is 0 Å². The third-order valence-electron chi connectivity index (χ3n) is 2.54. The Balaban J connectivity index is 2.31. The van der Waals surface area contributed by atoms with E-state index in [2.05, 4.69) is 38.1 Å². The third kappa shape index (κ3) is 4.09. The molecule has 0 bridgehead atoms. The number of nitrogen functional groups attached to an aromatic ring is 1. The first-order valence-electron chi connectivity index (χ1n) is 6.12. The van der Waals surface area contributed by atoms with Crippen molar-refractivity contribution >= 4 is 33.5 Å². The maximum Gasteiger partial charge on any atom is 0.253 e. The third-order valence-corrected chi connectivity index (χ3v) is 4.02. The fraction of sp³-hybridized carbons (Fsp3) is 0.231. The van der Waals surface area contributed by atoms with Gasteiger partial charge in [0.2, 0.25) is 0 Å². The summed E-state index contributed by atoms with van der Waals surface area (Å²) in [6.45, 7) is 3.72. The number of halogens is 1. The van der Waals surface area contributed by atoms with Crippen LogP contribution in [0, 0.1) is 0 Å². The molecule has 0 aliphatic rings. The molecule has 20 heavy (non-hydrogen) atoms. The normalized spacial score (nSPS) is 10.7. The number of H-pyrrole nitrogens is 1. The zero-order chi connectivity index (χ0) is 14.5. The maximum absolute atomic E-state index is 11.4. The summed E-state index contributed by atoms with van der Waals surface area (Å²) in [5, 5.41) is 3.78. The largest absolute Gasteiger partial charge is 0.383 e. The van der Waals surface area contributed by atoms with E-state index in [0.717, 1.165) is 28.0 Å². The van der Waals surface area contributed by atoms with Gasteiger partial charge in [-0.05, 0) is 24.2 Å². The van der Waals surface area contributed by atoms with Gasteiger partial charge in [-0.25, -0.2) is 4.98 Å². The Morgan fingerprint density at radius 3 is 2.95 bits per heavy atom. The Hall–Kier alpha value is -1.31. The molecule has 2 aromatic rings. The number of aromatic amines is 1. The van der Waals surface area contributed by atoms with E-state index in [4.69, 9.17) is 5.73 Å². The molecule has 106 valence electrons. The molecule has 0 amide bonds. The van der Waals surface area contributed by atoms with Crippen LogP contribution in [-0.4, -0.2) is 16.5 Å². The highest BCUT2D eigenvalue weighted by atomic mass is 79.9. The molecule has 2 rings (SSSR count). The molecular formula is C13H15BrN4OS. The molecule has 0 aliphatic heterocycles. The van der Waals surface area contributed by atoms with Crippen molar-refractivity contribution in [2.75, 3.05) is 12.3 Å². The second-order valence-corrected chi connectivity index (χ2v) is 6.06. The number of rotatable bonds is 5. The first-order valence-corrected chi connectivity index (χ1v) is 7.73. The van der Waals surface area contributed by atoms with Crippen molar-refractivity contribution in [3.8, 4) is 0 Å². The van der Waals surface area contributed by atoms with E-state index in [1.807, 2.05) is 18.2 Å². The van der Waals surface area contributed by atoms with Gasteiger partial charge in [-0.2, -0.15) is 0 Å². The maximum atomic E-state index is 11.4. The van der Waals surface area contributed by atoms with E-state index in [1.165, 1.54) is 17.8 Å². The number of benzene rings is 1. The Morgan fingerprint density at radius 2 is 2.25 bits per heavy atom. The molecule has 0 unspecified atom stereocenters. The molecule has 0 aliphatic carbocycles. The SMILES string of the molecule is CCNCc1ccc(Br)cc1Sc1nc(N)cc(=O)[nH]1. The molecule has 1 heterocycles. The highest BCUT2D eigenvalue weighted by Crippen LogP contribution is 2.30. The van der Waals surface area contributed by atoms with Gasteiger partial charge >= 0.3 is 0 Å². The van der Waals surface area contributed by atoms with Crippen molar-refractivity contribution in [2.24, 2.45) is 0 Å². The van der Waals surface area contributed by atoms with Gasteiger partial charge in [0.05, 0.1) is 0 Å². The van der Waals surface area contributed by atoms with Gasteiger partial charge in [-0.1, -0.05) is 40.7 Å². The van der Waals surface area contributed by atoms with Crippen LogP contribution in [0.5, 0.6) is 0 Å². The monoisotopic (exact) mass is 354 g/mol. The molecule has 4 N–H and O–H groups in total. The van der Waals surface area contributed by atoms with Gasteiger partial charge in [0.25, 0.3) is 5.56 Å². The van der Waals surface area contributed by atoms with E-state index in [9.17, 15) is 4.79 Å². The minimum Gasteiger partial charge on any atom is -0.383 e. The number of nitrogens with two attached hydrogens (primary N) is 1. The van der Waals surface area contributed by atoms with E-state index in [1.54, 1.807) is 0 Å². The zero-order valence-electron chi connectivity index (χ0n) is 10.9. The molecule has 0 fully saturated rings. The summed E-state index contributed by atoms with van der Waals surface area (Å²) >= 11 is 4.85. The van der Waals surface area contributed by atoms with Gasteiger partial charge in [0, 0.05) is 22.0 Å². The second kappa shape index (κ2) is 6.92. The van der Waals surface area contributed by atoms with E-state index >= 15 is 0 Å². The number of nitrogens with zero attached hydrogens (tertiary/aromatic N) is 1. The van der Waals surface area contributed by atoms with Crippen molar-refractivity contribution in [1.82, 2.24) is 15.3 Å². The predicted octanol–water partition coefficient (Wildman–Crippen LogP) is 2.38. The number of hydrogen-bond donors (Lipinski definition) is 3. The van der Waals surface area contributed by atoms with Crippen molar-refractivity contribution in [2.45, 2.75) is 23.5 Å². The van der Waals surface area contributed by atoms with Gasteiger partial charge < -0.3 is 16.0 Å². The summed E-state index contributed by atoms with van der Waals surface area (Å²) in [5.41, 5.74) is 6.49. The number of anilines is 1. The summed E-state index contributed by atoms with van der Waals surface area (Å²) in [4.78, 5) is 19.2. The number of nitrogens with one attached hydrogen (secondary N) is 2. The van der Waals surface area contributed by atoms with Crippen LogP contribution in [0.2, 0.25) is 0 Å². The first-order chi connectivity index (χ1) is 9.58. The Morgan fingerprint density at radius 1 is 1.45 bits per heavy atom. The Labute approximate surface area is 129 Å². The molecular weight excluding hydrogens is 340 g/mol. The molecule has 0 radical (unpaired) electrons. The lowest BCUT2D eigenvalue weighted by Crippen LogP contribution is -2.13. The summed E-state index contributed by atoms with van der Waals surface area (Å²) < 4.78 is 0.978. The van der Waals surface area contributed by atoms with Crippen molar-refractivity contribution in [3.63, 3.8) is 0 Å². The smallest absolute Gasteiger partial charge is 0.253 e. The Bertz CT molecular complexity index is 659. The second-order valence-electron chi connectivity index (χ2n) is 4.11. The fourth-order valence-corrected chi connectivity index (χ4v) is 3.12. The summed E-state index contributed by atoms with van der Waals surface area (Å²) in [6.07, 6.45) is 0. The van der Waals surface area contributed by atoms with Crippen LogP contribution >= 0.6 is 27.7 Å². The average Bonchev–Trinajstić information content (AvgIpc) is 2.36. The highest BCUT2D eigenvalue weighted by Gasteiger charge is 2.08.